The zero-order chi connectivity index (χ0) is 26.0. The van der Waals surface area contributed by atoms with E-state index in [9.17, 15) is 32.3 Å². The maximum atomic E-state index is 13.4. The number of benzene rings is 3. The van der Waals surface area contributed by atoms with E-state index >= 15 is 0 Å². The van der Waals surface area contributed by atoms with Gasteiger partial charge in [0.15, 0.2) is 5.78 Å². The molecule has 0 aliphatic heterocycles. The summed E-state index contributed by atoms with van der Waals surface area (Å²) in [5, 5.41) is 2.69. The van der Waals surface area contributed by atoms with E-state index in [0.29, 0.717) is 5.56 Å². The minimum Gasteiger partial charge on any atom is -0.350 e. The molecule has 0 fully saturated rings. The molecule has 10 heteroatoms. The summed E-state index contributed by atoms with van der Waals surface area (Å²) >= 11 is 0. The van der Waals surface area contributed by atoms with E-state index in [1.54, 1.807) is 24.3 Å². The van der Waals surface area contributed by atoms with E-state index in [0.717, 1.165) is 21.3 Å². The van der Waals surface area contributed by atoms with Crippen LogP contribution in [0.25, 0.3) is 16.6 Å². The fourth-order valence-corrected chi connectivity index (χ4v) is 3.82. The van der Waals surface area contributed by atoms with Crippen molar-refractivity contribution in [3.8, 4) is 5.69 Å². The summed E-state index contributed by atoms with van der Waals surface area (Å²) in [5.74, 6) is -0.887. The first-order chi connectivity index (χ1) is 17.1. The molecule has 0 saturated heterocycles. The van der Waals surface area contributed by atoms with Crippen LogP contribution >= 0.6 is 0 Å². The van der Waals surface area contributed by atoms with Crippen LogP contribution in [0.5, 0.6) is 0 Å². The minimum absolute atomic E-state index is 0.168. The van der Waals surface area contributed by atoms with Crippen molar-refractivity contribution < 1.29 is 22.8 Å². The number of carbonyl (C=O) groups excluding carboxylic acids is 2. The van der Waals surface area contributed by atoms with Gasteiger partial charge in [0.05, 0.1) is 22.2 Å². The third-order valence-corrected chi connectivity index (χ3v) is 5.61. The second-order valence-electron chi connectivity index (χ2n) is 8.11. The zero-order valence-corrected chi connectivity index (χ0v) is 19.0. The van der Waals surface area contributed by atoms with E-state index in [-0.39, 0.29) is 34.5 Å². The van der Waals surface area contributed by atoms with Gasteiger partial charge < -0.3 is 5.32 Å². The van der Waals surface area contributed by atoms with Crippen LogP contribution in [-0.4, -0.2) is 20.8 Å². The summed E-state index contributed by atoms with van der Waals surface area (Å²) in [6.07, 6.45) is -4.51. The van der Waals surface area contributed by atoms with Crippen LogP contribution in [0, 0.1) is 0 Å². The molecule has 3 aromatic carbocycles. The monoisotopic (exact) mass is 495 g/mol. The average Bonchev–Trinajstić information content (AvgIpc) is 2.85. The number of halogens is 3. The number of Topliss-reactive ketones (excluding diaryl/α,β-unsaturated/α-hetero) is 1. The molecule has 0 aliphatic rings. The van der Waals surface area contributed by atoms with Crippen LogP contribution in [0.2, 0.25) is 0 Å². The number of alkyl halides is 3. The van der Waals surface area contributed by atoms with Crippen molar-refractivity contribution >= 4 is 22.6 Å². The number of para-hydroxylation sites is 1. The molecule has 4 aromatic rings. The molecule has 0 radical (unpaired) electrons. The Bertz CT molecular complexity index is 1600. The van der Waals surface area contributed by atoms with Crippen LogP contribution < -0.4 is 16.6 Å². The highest BCUT2D eigenvalue weighted by Crippen LogP contribution is 2.29. The lowest BCUT2D eigenvalue weighted by atomic mass is 10.1. The third-order valence-electron chi connectivity index (χ3n) is 5.61. The van der Waals surface area contributed by atoms with Crippen molar-refractivity contribution in [2.75, 3.05) is 0 Å². The second-order valence-corrected chi connectivity index (χ2v) is 8.11. The van der Waals surface area contributed by atoms with Gasteiger partial charge in [0.25, 0.3) is 5.56 Å². The quantitative estimate of drug-likeness (QED) is 0.413. The third kappa shape index (κ3) is 4.97. The van der Waals surface area contributed by atoms with Gasteiger partial charge in [0.2, 0.25) is 5.91 Å². The Kier molecular flexibility index (Phi) is 6.61. The fourth-order valence-electron chi connectivity index (χ4n) is 3.82. The van der Waals surface area contributed by atoms with Gasteiger partial charge in [-0.15, -0.1) is 0 Å². The molecule has 36 heavy (non-hydrogen) atoms. The predicted octanol–water partition coefficient (Wildman–Crippen LogP) is 3.69. The van der Waals surface area contributed by atoms with Gasteiger partial charge in [-0.25, -0.2) is 9.36 Å². The van der Waals surface area contributed by atoms with E-state index in [1.807, 2.05) is 0 Å². The minimum atomic E-state index is -4.51. The number of fused-ring (bicyclic) bond motifs is 1. The standard InChI is InChI=1S/C26H20F3N3O4/c1-16(33)18-7-5-9-20(13-18)32-24(35)21-10-2-3-11-22(21)31(25(32)36)15-23(34)30-14-17-6-4-8-19(12-17)26(27,28)29/h2-13H,14-15H2,1H3,(H,30,34). The molecule has 1 N–H and O–H groups in total. The lowest BCUT2D eigenvalue weighted by Crippen LogP contribution is -2.41. The topological polar surface area (TPSA) is 90.2 Å². The van der Waals surface area contributed by atoms with Gasteiger partial charge in [0, 0.05) is 12.1 Å². The lowest BCUT2D eigenvalue weighted by molar-refractivity contribution is -0.137. The van der Waals surface area contributed by atoms with Crippen LogP contribution in [0.1, 0.15) is 28.4 Å². The fraction of sp³-hybridized carbons (Fsp3) is 0.154. The smallest absolute Gasteiger partial charge is 0.350 e. The number of hydrogen-bond donors (Lipinski definition) is 1. The summed E-state index contributed by atoms with van der Waals surface area (Å²) in [6, 6.07) is 16.8. The molecule has 0 atom stereocenters. The van der Waals surface area contributed by atoms with Crippen LogP contribution in [0.4, 0.5) is 13.2 Å². The molecular formula is C26H20F3N3O4. The van der Waals surface area contributed by atoms with E-state index in [4.69, 9.17) is 0 Å². The summed E-state index contributed by atoms with van der Waals surface area (Å²) in [6.45, 7) is 0.690. The number of ketones is 1. The average molecular weight is 495 g/mol. The van der Waals surface area contributed by atoms with Crippen molar-refractivity contribution in [1.29, 1.82) is 0 Å². The molecule has 0 aliphatic carbocycles. The lowest BCUT2D eigenvalue weighted by Gasteiger charge is -2.15. The largest absolute Gasteiger partial charge is 0.416 e. The van der Waals surface area contributed by atoms with Gasteiger partial charge in [-0.3, -0.25) is 19.0 Å². The maximum absolute atomic E-state index is 13.4. The summed E-state index contributed by atoms with van der Waals surface area (Å²) in [7, 11) is 0. The van der Waals surface area contributed by atoms with E-state index < -0.39 is 35.4 Å². The molecule has 184 valence electrons. The number of nitrogens with zero attached hydrogens (tertiary/aromatic N) is 2. The Labute approximate surface area is 202 Å². The van der Waals surface area contributed by atoms with Gasteiger partial charge in [0.1, 0.15) is 6.54 Å². The number of carbonyl (C=O) groups is 2. The molecule has 1 aromatic heterocycles. The highest BCUT2D eigenvalue weighted by atomic mass is 19.4. The van der Waals surface area contributed by atoms with Gasteiger partial charge in [-0.05, 0) is 48.9 Å². The number of amides is 1. The first kappa shape index (κ1) is 24.6. The van der Waals surface area contributed by atoms with Gasteiger partial charge in [-0.1, -0.05) is 36.4 Å². The summed E-state index contributed by atoms with van der Waals surface area (Å²) in [5.41, 5.74) is -1.32. The van der Waals surface area contributed by atoms with Gasteiger partial charge >= 0.3 is 11.9 Å². The molecule has 0 bridgehead atoms. The molecule has 7 nitrogen and oxygen atoms in total. The Morgan fingerprint density at radius 2 is 1.64 bits per heavy atom. The Balaban J connectivity index is 1.70. The number of rotatable bonds is 6. The predicted molar refractivity (Wildman–Crippen MR) is 127 cm³/mol. The maximum Gasteiger partial charge on any atom is 0.416 e. The van der Waals surface area contributed by atoms with Crippen LogP contribution in [-0.2, 0) is 24.1 Å². The van der Waals surface area contributed by atoms with Gasteiger partial charge in [-0.2, -0.15) is 13.2 Å². The summed E-state index contributed by atoms with van der Waals surface area (Å²) in [4.78, 5) is 51.1. The van der Waals surface area contributed by atoms with E-state index in [1.165, 1.54) is 43.3 Å². The van der Waals surface area contributed by atoms with Crippen molar-refractivity contribution in [3.63, 3.8) is 0 Å². The van der Waals surface area contributed by atoms with Crippen molar-refractivity contribution in [2.24, 2.45) is 0 Å². The molecule has 1 heterocycles. The van der Waals surface area contributed by atoms with Crippen molar-refractivity contribution in [3.05, 3.63) is 110 Å². The number of nitrogens with one attached hydrogen (secondary N) is 1. The first-order valence-corrected chi connectivity index (χ1v) is 10.8. The van der Waals surface area contributed by atoms with Crippen LogP contribution in [0.3, 0.4) is 0 Å². The second kappa shape index (κ2) is 9.65. The molecular weight excluding hydrogens is 475 g/mol. The highest BCUT2D eigenvalue weighted by molar-refractivity contribution is 5.94. The Morgan fingerprint density at radius 1 is 0.917 bits per heavy atom. The Morgan fingerprint density at radius 3 is 2.36 bits per heavy atom. The molecule has 0 unspecified atom stereocenters. The number of hydrogen-bond acceptors (Lipinski definition) is 4. The molecule has 1 amide bonds. The van der Waals surface area contributed by atoms with Crippen molar-refractivity contribution in [2.45, 2.75) is 26.2 Å². The highest BCUT2D eigenvalue weighted by Gasteiger charge is 2.30. The molecule has 0 spiro atoms. The Hall–Kier alpha value is -4.47. The zero-order valence-electron chi connectivity index (χ0n) is 19.0. The van der Waals surface area contributed by atoms with Crippen LogP contribution in [0.15, 0.2) is 82.4 Å². The molecule has 0 saturated carbocycles. The normalized spacial score (nSPS) is 11.4. The SMILES string of the molecule is CC(=O)c1cccc(-n2c(=O)c3ccccc3n(CC(=O)NCc3cccc(C(F)(F)F)c3)c2=O)c1. The first-order valence-electron chi connectivity index (χ1n) is 10.8. The number of aromatic nitrogens is 2. The van der Waals surface area contributed by atoms with E-state index in [2.05, 4.69) is 5.32 Å². The summed E-state index contributed by atoms with van der Waals surface area (Å²) < 4.78 is 40.9. The molecule has 4 rings (SSSR count). The van der Waals surface area contributed by atoms with Crippen molar-refractivity contribution in [1.82, 2.24) is 14.5 Å².